The third-order valence-corrected chi connectivity index (χ3v) is 3.53. The van der Waals surface area contributed by atoms with E-state index in [2.05, 4.69) is 10.3 Å². The monoisotopic (exact) mass is 240 g/mol. The molecule has 0 aromatic carbocycles. The topological polar surface area (TPSA) is 62.2 Å². The molecule has 2 aromatic rings. The molecule has 2 N–H and O–H groups in total. The lowest BCUT2D eigenvalue weighted by Gasteiger charge is -1.97. The number of thiazole rings is 1. The standard InChI is InChI=1S/C9H8N2O2S2/c12-8(13)7-5-11-9(15-7)10-4-6-2-1-3-14-6/h1-3,5H,4H2,(H,10,11)(H,12,13). The summed E-state index contributed by atoms with van der Waals surface area (Å²) in [6.45, 7) is 0.685. The predicted octanol–water partition coefficient (Wildman–Crippen LogP) is 2.51. The van der Waals surface area contributed by atoms with Gasteiger partial charge in [-0.05, 0) is 11.4 Å². The normalized spacial score (nSPS) is 10.1. The molecule has 0 aliphatic heterocycles. The molecule has 0 bridgehead atoms. The highest BCUT2D eigenvalue weighted by Gasteiger charge is 2.07. The molecule has 6 heteroatoms. The first kappa shape index (κ1) is 10.1. The van der Waals surface area contributed by atoms with Crippen molar-refractivity contribution in [2.24, 2.45) is 0 Å². The van der Waals surface area contributed by atoms with Gasteiger partial charge >= 0.3 is 5.97 Å². The van der Waals surface area contributed by atoms with Gasteiger partial charge in [-0.3, -0.25) is 0 Å². The summed E-state index contributed by atoms with van der Waals surface area (Å²) in [6.07, 6.45) is 1.36. The molecular formula is C9H8N2O2S2. The summed E-state index contributed by atoms with van der Waals surface area (Å²) in [4.78, 5) is 16.0. The molecule has 0 unspecified atom stereocenters. The van der Waals surface area contributed by atoms with Crippen molar-refractivity contribution in [2.45, 2.75) is 6.54 Å². The highest BCUT2D eigenvalue weighted by molar-refractivity contribution is 7.17. The maximum atomic E-state index is 10.6. The van der Waals surface area contributed by atoms with Crippen LogP contribution in [0.2, 0.25) is 0 Å². The van der Waals surface area contributed by atoms with Crippen molar-refractivity contribution in [3.05, 3.63) is 33.5 Å². The first-order valence-electron chi connectivity index (χ1n) is 4.21. The van der Waals surface area contributed by atoms with E-state index in [-0.39, 0.29) is 4.88 Å². The van der Waals surface area contributed by atoms with Crippen molar-refractivity contribution in [3.63, 3.8) is 0 Å². The third-order valence-electron chi connectivity index (χ3n) is 1.71. The Kier molecular flexibility index (Phi) is 2.98. The van der Waals surface area contributed by atoms with E-state index in [9.17, 15) is 4.79 Å². The van der Waals surface area contributed by atoms with Crippen molar-refractivity contribution in [2.75, 3.05) is 5.32 Å². The minimum atomic E-state index is -0.934. The molecule has 0 saturated carbocycles. The van der Waals surface area contributed by atoms with Crippen molar-refractivity contribution in [1.82, 2.24) is 4.98 Å². The molecular weight excluding hydrogens is 232 g/mol. The quantitative estimate of drug-likeness (QED) is 0.862. The van der Waals surface area contributed by atoms with E-state index >= 15 is 0 Å². The second kappa shape index (κ2) is 4.41. The molecule has 0 saturated heterocycles. The summed E-state index contributed by atoms with van der Waals surface area (Å²) in [5, 5.41) is 14.4. The maximum Gasteiger partial charge on any atom is 0.347 e. The molecule has 15 heavy (non-hydrogen) atoms. The number of carboxylic acids is 1. The number of rotatable bonds is 4. The van der Waals surface area contributed by atoms with Gasteiger partial charge in [-0.15, -0.1) is 11.3 Å². The molecule has 0 atom stereocenters. The number of hydrogen-bond acceptors (Lipinski definition) is 5. The Morgan fingerprint density at radius 1 is 1.60 bits per heavy atom. The van der Waals surface area contributed by atoms with Gasteiger partial charge in [0.25, 0.3) is 0 Å². The SMILES string of the molecule is O=C(O)c1cnc(NCc2cccs2)s1. The first-order chi connectivity index (χ1) is 7.25. The molecule has 78 valence electrons. The zero-order valence-corrected chi connectivity index (χ0v) is 9.27. The Hall–Kier alpha value is -1.40. The second-order valence-corrected chi connectivity index (χ2v) is 4.83. The Morgan fingerprint density at radius 3 is 3.07 bits per heavy atom. The van der Waals surface area contributed by atoms with Gasteiger partial charge in [-0.25, -0.2) is 9.78 Å². The molecule has 0 fully saturated rings. The number of anilines is 1. The van der Waals surface area contributed by atoms with Crippen LogP contribution in [0.5, 0.6) is 0 Å². The summed E-state index contributed by atoms with van der Waals surface area (Å²) in [6, 6.07) is 4.00. The van der Waals surface area contributed by atoms with Crippen molar-refractivity contribution < 1.29 is 9.90 Å². The molecule has 0 amide bonds. The van der Waals surface area contributed by atoms with Gasteiger partial charge in [0.05, 0.1) is 12.7 Å². The number of carboxylic acid groups (broad SMARTS) is 1. The van der Waals surface area contributed by atoms with Gasteiger partial charge in [0.1, 0.15) is 4.88 Å². The van der Waals surface area contributed by atoms with E-state index in [1.165, 1.54) is 11.1 Å². The summed E-state index contributed by atoms with van der Waals surface area (Å²) < 4.78 is 0. The van der Waals surface area contributed by atoms with Crippen molar-refractivity contribution in [1.29, 1.82) is 0 Å². The van der Waals surface area contributed by atoms with Crippen LogP contribution >= 0.6 is 22.7 Å². The van der Waals surface area contributed by atoms with Gasteiger partial charge < -0.3 is 10.4 Å². The van der Waals surface area contributed by atoms with E-state index in [1.807, 2.05) is 17.5 Å². The minimum Gasteiger partial charge on any atom is -0.477 e. The first-order valence-corrected chi connectivity index (χ1v) is 5.90. The largest absolute Gasteiger partial charge is 0.477 e. The van der Waals surface area contributed by atoms with Gasteiger partial charge in [0.2, 0.25) is 0 Å². The predicted molar refractivity (Wildman–Crippen MR) is 60.7 cm³/mol. The summed E-state index contributed by atoms with van der Waals surface area (Å²) in [5.74, 6) is -0.934. The van der Waals surface area contributed by atoms with Gasteiger partial charge in [0.15, 0.2) is 5.13 Å². The summed E-state index contributed by atoms with van der Waals surface area (Å²) in [7, 11) is 0. The van der Waals surface area contributed by atoms with Crippen LogP contribution in [0.25, 0.3) is 0 Å². The van der Waals surface area contributed by atoms with Gasteiger partial charge in [0, 0.05) is 4.88 Å². The van der Waals surface area contributed by atoms with E-state index < -0.39 is 5.97 Å². The lowest BCUT2D eigenvalue weighted by Crippen LogP contribution is -1.95. The number of nitrogens with one attached hydrogen (secondary N) is 1. The Morgan fingerprint density at radius 2 is 2.47 bits per heavy atom. The zero-order valence-electron chi connectivity index (χ0n) is 7.64. The van der Waals surface area contributed by atoms with Crippen LogP contribution in [-0.2, 0) is 6.54 Å². The number of nitrogens with zero attached hydrogens (tertiary/aromatic N) is 1. The van der Waals surface area contributed by atoms with Crippen molar-refractivity contribution >= 4 is 33.8 Å². The Bertz CT molecular complexity index is 450. The zero-order chi connectivity index (χ0) is 10.7. The van der Waals surface area contributed by atoms with Crippen LogP contribution in [0.4, 0.5) is 5.13 Å². The summed E-state index contributed by atoms with van der Waals surface area (Å²) in [5.41, 5.74) is 0. The number of aromatic carboxylic acids is 1. The van der Waals surface area contributed by atoms with Gasteiger partial charge in [-0.2, -0.15) is 0 Å². The molecule has 0 spiro atoms. The minimum absolute atomic E-state index is 0.253. The molecule has 2 rings (SSSR count). The maximum absolute atomic E-state index is 10.6. The molecule has 2 aromatic heterocycles. The van der Waals surface area contributed by atoms with E-state index in [0.29, 0.717) is 11.7 Å². The van der Waals surface area contributed by atoms with Crippen LogP contribution in [0, 0.1) is 0 Å². The molecule has 0 aliphatic carbocycles. The van der Waals surface area contributed by atoms with Crippen LogP contribution in [-0.4, -0.2) is 16.1 Å². The average molecular weight is 240 g/mol. The number of carbonyl (C=O) groups is 1. The fourth-order valence-electron chi connectivity index (χ4n) is 1.03. The van der Waals surface area contributed by atoms with Crippen LogP contribution in [0.1, 0.15) is 14.5 Å². The fraction of sp³-hybridized carbons (Fsp3) is 0.111. The van der Waals surface area contributed by atoms with Crippen LogP contribution < -0.4 is 5.32 Å². The lowest BCUT2D eigenvalue weighted by atomic mass is 10.5. The lowest BCUT2D eigenvalue weighted by molar-refractivity contribution is 0.0702. The van der Waals surface area contributed by atoms with Gasteiger partial charge in [-0.1, -0.05) is 17.4 Å². The Labute approximate surface area is 94.2 Å². The van der Waals surface area contributed by atoms with E-state index in [4.69, 9.17) is 5.11 Å². The summed E-state index contributed by atoms with van der Waals surface area (Å²) >= 11 is 2.80. The Balaban J connectivity index is 1.96. The number of aromatic nitrogens is 1. The van der Waals surface area contributed by atoms with E-state index in [0.717, 1.165) is 11.3 Å². The van der Waals surface area contributed by atoms with E-state index in [1.54, 1.807) is 11.3 Å². The molecule has 0 aliphatic rings. The molecule has 4 nitrogen and oxygen atoms in total. The fourth-order valence-corrected chi connectivity index (χ4v) is 2.33. The number of thiophene rings is 1. The number of hydrogen-bond donors (Lipinski definition) is 2. The van der Waals surface area contributed by atoms with Crippen LogP contribution in [0.15, 0.2) is 23.7 Å². The molecule has 2 heterocycles. The highest BCUT2D eigenvalue weighted by atomic mass is 32.1. The van der Waals surface area contributed by atoms with Crippen LogP contribution in [0.3, 0.4) is 0 Å². The second-order valence-electron chi connectivity index (χ2n) is 2.77. The smallest absolute Gasteiger partial charge is 0.347 e. The highest BCUT2D eigenvalue weighted by Crippen LogP contribution is 2.19. The average Bonchev–Trinajstić information content (AvgIpc) is 2.86. The molecule has 0 radical (unpaired) electrons. The van der Waals surface area contributed by atoms with Crippen molar-refractivity contribution in [3.8, 4) is 0 Å². The third kappa shape index (κ3) is 2.54.